The van der Waals surface area contributed by atoms with Gasteiger partial charge in [0.05, 0.1) is 0 Å². The van der Waals surface area contributed by atoms with Crippen LogP contribution >= 0.6 is 0 Å². The Balaban J connectivity index is 2.09. The summed E-state index contributed by atoms with van der Waals surface area (Å²) in [5.41, 5.74) is 2.38. The predicted octanol–water partition coefficient (Wildman–Crippen LogP) is 4.24. The van der Waals surface area contributed by atoms with E-state index in [0.29, 0.717) is 17.5 Å². The molecule has 1 saturated carbocycles. The maximum Gasteiger partial charge on any atom is 0.321 e. The van der Waals surface area contributed by atoms with Gasteiger partial charge in [0.2, 0.25) is 5.91 Å². The molecule has 0 heterocycles. The third-order valence-electron chi connectivity index (χ3n) is 5.05. The summed E-state index contributed by atoms with van der Waals surface area (Å²) in [6, 6.07) is 5.72. The van der Waals surface area contributed by atoms with Crippen molar-refractivity contribution in [2.24, 2.45) is 11.8 Å². The topological polar surface area (TPSA) is 61.4 Å². The first-order chi connectivity index (χ1) is 11.3. The SMILES string of the molecule is CC(=O)Nc1cc(NC(=O)N(C)C2[C@H](C)CCC[C@@H]2C)ccc1C. The summed E-state index contributed by atoms with van der Waals surface area (Å²) in [4.78, 5) is 25.8. The molecule has 0 saturated heterocycles. The monoisotopic (exact) mass is 331 g/mol. The van der Waals surface area contributed by atoms with Crippen molar-refractivity contribution in [1.82, 2.24) is 4.90 Å². The largest absolute Gasteiger partial charge is 0.326 e. The minimum Gasteiger partial charge on any atom is -0.326 e. The second kappa shape index (κ2) is 7.69. The Labute approximate surface area is 144 Å². The molecular formula is C19H29N3O2. The van der Waals surface area contributed by atoms with Crippen molar-refractivity contribution < 1.29 is 9.59 Å². The van der Waals surface area contributed by atoms with Crippen molar-refractivity contribution >= 4 is 23.3 Å². The van der Waals surface area contributed by atoms with Crippen LogP contribution in [-0.4, -0.2) is 29.9 Å². The van der Waals surface area contributed by atoms with Crippen LogP contribution in [0.25, 0.3) is 0 Å². The van der Waals surface area contributed by atoms with Crippen LogP contribution in [0.1, 0.15) is 45.6 Å². The Morgan fingerprint density at radius 3 is 2.33 bits per heavy atom. The second-order valence-corrected chi connectivity index (χ2v) is 7.13. The molecule has 3 amide bonds. The lowest BCUT2D eigenvalue weighted by atomic mass is 9.78. The van der Waals surface area contributed by atoms with E-state index in [4.69, 9.17) is 0 Å². The van der Waals surface area contributed by atoms with Crippen molar-refractivity contribution in [2.45, 2.75) is 53.0 Å². The number of hydrogen-bond donors (Lipinski definition) is 2. The first kappa shape index (κ1) is 18.3. The van der Waals surface area contributed by atoms with Gasteiger partial charge in [0.15, 0.2) is 0 Å². The molecule has 0 aromatic heterocycles. The zero-order valence-electron chi connectivity index (χ0n) is 15.3. The highest BCUT2D eigenvalue weighted by Crippen LogP contribution is 2.32. The first-order valence-corrected chi connectivity index (χ1v) is 8.71. The van der Waals surface area contributed by atoms with Gasteiger partial charge in [0, 0.05) is 31.4 Å². The fraction of sp³-hybridized carbons (Fsp3) is 0.579. The minimum atomic E-state index is -0.122. The smallest absolute Gasteiger partial charge is 0.321 e. The van der Waals surface area contributed by atoms with Gasteiger partial charge in [-0.2, -0.15) is 0 Å². The Kier molecular flexibility index (Phi) is 5.86. The highest BCUT2D eigenvalue weighted by molar-refractivity contribution is 5.93. The highest BCUT2D eigenvalue weighted by atomic mass is 16.2. The number of hydrogen-bond acceptors (Lipinski definition) is 2. The fourth-order valence-corrected chi connectivity index (χ4v) is 3.80. The molecule has 1 unspecified atom stereocenters. The molecule has 0 bridgehead atoms. The number of amides is 3. The Morgan fingerprint density at radius 2 is 1.75 bits per heavy atom. The fourth-order valence-electron chi connectivity index (χ4n) is 3.80. The summed E-state index contributed by atoms with van der Waals surface area (Å²) in [7, 11) is 1.88. The number of carbonyl (C=O) groups excluding carboxylic acids is 2. The normalized spacial score (nSPS) is 23.5. The van der Waals surface area contributed by atoms with Crippen molar-refractivity contribution in [3.05, 3.63) is 23.8 Å². The number of anilines is 2. The van der Waals surface area contributed by atoms with Gasteiger partial charge in [0.1, 0.15) is 0 Å². The van der Waals surface area contributed by atoms with E-state index < -0.39 is 0 Å². The minimum absolute atomic E-state index is 0.0989. The molecule has 132 valence electrons. The molecule has 3 atom stereocenters. The van der Waals surface area contributed by atoms with Crippen LogP contribution in [0, 0.1) is 18.8 Å². The van der Waals surface area contributed by atoms with Crippen LogP contribution in [0.5, 0.6) is 0 Å². The summed E-state index contributed by atoms with van der Waals surface area (Å²) >= 11 is 0. The van der Waals surface area contributed by atoms with E-state index in [9.17, 15) is 9.59 Å². The van der Waals surface area contributed by atoms with Crippen LogP contribution < -0.4 is 10.6 Å². The van der Waals surface area contributed by atoms with E-state index in [2.05, 4.69) is 24.5 Å². The van der Waals surface area contributed by atoms with E-state index in [1.165, 1.54) is 26.2 Å². The molecule has 1 aliphatic rings. The molecule has 5 heteroatoms. The number of nitrogens with zero attached hydrogens (tertiary/aromatic N) is 1. The zero-order chi connectivity index (χ0) is 17.9. The third-order valence-corrected chi connectivity index (χ3v) is 5.05. The van der Waals surface area contributed by atoms with Gasteiger partial charge in [-0.25, -0.2) is 4.79 Å². The molecule has 5 nitrogen and oxygen atoms in total. The van der Waals surface area contributed by atoms with Crippen LogP contribution in [0.3, 0.4) is 0 Å². The molecule has 2 rings (SSSR count). The number of urea groups is 1. The molecule has 2 N–H and O–H groups in total. The zero-order valence-corrected chi connectivity index (χ0v) is 15.3. The first-order valence-electron chi connectivity index (χ1n) is 8.71. The van der Waals surface area contributed by atoms with Gasteiger partial charge in [-0.15, -0.1) is 0 Å². The van der Waals surface area contributed by atoms with Crippen LogP contribution in [0.2, 0.25) is 0 Å². The molecular weight excluding hydrogens is 302 g/mol. The molecule has 24 heavy (non-hydrogen) atoms. The number of benzene rings is 1. The number of aryl methyl sites for hydroxylation is 1. The number of nitrogens with one attached hydrogen (secondary N) is 2. The van der Waals surface area contributed by atoms with Crippen molar-refractivity contribution in [3.8, 4) is 0 Å². The van der Waals surface area contributed by atoms with Gasteiger partial charge >= 0.3 is 6.03 Å². The van der Waals surface area contributed by atoms with Gasteiger partial charge in [-0.3, -0.25) is 4.79 Å². The summed E-state index contributed by atoms with van der Waals surface area (Å²) in [6.07, 6.45) is 3.58. The molecule has 1 fully saturated rings. The van der Waals surface area contributed by atoms with E-state index in [-0.39, 0.29) is 18.0 Å². The maximum atomic E-state index is 12.6. The average Bonchev–Trinajstić information content (AvgIpc) is 2.49. The molecule has 0 spiro atoms. The standard InChI is InChI=1S/C19H29N3O2/c1-12-9-10-16(11-17(12)20-15(4)23)21-19(24)22(5)18-13(2)7-6-8-14(18)3/h9-11,13-14,18H,6-8H2,1-5H3,(H,20,23)(H,21,24)/t13-,14+,18?. The molecule has 0 aliphatic heterocycles. The maximum absolute atomic E-state index is 12.6. The number of rotatable bonds is 3. The Hall–Kier alpha value is -2.04. The molecule has 0 radical (unpaired) electrons. The van der Waals surface area contributed by atoms with Gasteiger partial charge in [-0.05, 0) is 49.3 Å². The third kappa shape index (κ3) is 4.28. The van der Waals surface area contributed by atoms with Crippen LogP contribution in [-0.2, 0) is 4.79 Å². The molecule has 1 aliphatic carbocycles. The van der Waals surface area contributed by atoms with Crippen molar-refractivity contribution in [3.63, 3.8) is 0 Å². The van der Waals surface area contributed by atoms with Gasteiger partial charge in [-0.1, -0.05) is 26.3 Å². The summed E-state index contributed by atoms with van der Waals surface area (Å²) < 4.78 is 0. The van der Waals surface area contributed by atoms with Crippen molar-refractivity contribution in [1.29, 1.82) is 0 Å². The quantitative estimate of drug-likeness (QED) is 0.870. The summed E-state index contributed by atoms with van der Waals surface area (Å²) in [6.45, 7) is 7.86. The lowest BCUT2D eigenvalue weighted by Crippen LogP contribution is -2.48. The lowest BCUT2D eigenvalue weighted by Gasteiger charge is -2.40. The summed E-state index contributed by atoms with van der Waals surface area (Å²) in [5.74, 6) is 0.901. The average molecular weight is 331 g/mol. The van der Waals surface area contributed by atoms with E-state index >= 15 is 0 Å². The van der Waals surface area contributed by atoms with E-state index in [1.54, 1.807) is 6.07 Å². The number of carbonyl (C=O) groups is 2. The Bertz CT molecular complexity index is 605. The summed E-state index contributed by atoms with van der Waals surface area (Å²) in [5, 5.41) is 5.75. The highest BCUT2D eigenvalue weighted by Gasteiger charge is 2.33. The van der Waals surface area contributed by atoms with Gasteiger partial charge in [0.25, 0.3) is 0 Å². The van der Waals surface area contributed by atoms with Crippen molar-refractivity contribution in [2.75, 3.05) is 17.7 Å². The molecule has 1 aromatic carbocycles. The van der Waals surface area contributed by atoms with Gasteiger partial charge < -0.3 is 15.5 Å². The molecule has 1 aromatic rings. The predicted molar refractivity (Wildman–Crippen MR) is 98.2 cm³/mol. The van der Waals surface area contributed by atoms with E-state index in [0.717, 1.165) is 11.3 Å². The Morgan fingerprint density at radius 1 is 1.12 bits per heavy atom. The van der Waals surface area contributed by atoms with Crippen LogP contribution in [0.15, 0.2) is 18.2 Å². The lowest BCUT2D eigenvalue weighted by molar-refractivity contribution is -0.114. The van der Waals surface area contributed by atoms with Crippen LogP contribution in [0.4, 0.5) is 16.2 Å². The second-order valence-electron chi connectivity index (χ2n) is 7.13. The van der Waals surface area contributed by atoms with E-state index in [1.807, 2.05) is 31.0 Å².